The van der Waals surface area contributed by atoms with Gasteiger partial charge in [0.25, 0.3) is 0 Å². The maximum atomic E-state index is 14.1. The van der Waals surface area contributed by atoms with Crippen LogP contribution in [0.5, 0.6) is 0 Å². The number of carbonyl (C=O) groups is 1. The molecule has 0 aromatic heterocycles. The number of hydrogen-bond acceptors (Lipinski definition) is 5. The highest BCUT2D eigenvalue weighted by Crippen LogP contribution is 2.51. The zero-order valence-corrected chi connectivity index (χ0v) is 13.6. The van der Waals surface area contributed by atoms with Crippen molar-refractivity contribution in [3.05, 3.63) is 0 Å². The minimum absolute atomic E-state index is 0. The van der Waals surface area contributed by atoms with Crippen LogP contribution in [0.3, 0.4) is 0 Å². The predicted molar refractivity (Wildman–Crippen MR) is 80.4 cm³/mol. The molecular formula is C14H26FN3O4. The maximum Gasteiger partial charge on any atom is 0.325 e. The van der Waals surface area contributed by atoms with Crippen LogP contribution >= 0.6 is 0 Å². The van der Waals surface area contributed by atoms with Crippen LogP contribution in [0.4, 0.5) is 9.18 Å². The van der Waals surface area contributed by atoms with Gasteiger partial charge in [0.2, 0.25) is 0 Å². The lowest BCUT2D eigenvalue weighted by Gasteiger charge is -2.44. The quantitative estimate of drug-likeness (QED) is 0.691. The molecule has 0 radical (unpaired) electrons. The number of alkyl halides is 1. The Bertz CT molecular complexity index is 515. The molecule has 22 heavy (non-hydrogen) atoms. The van der Waals surface area contributed by atoms with Crippen LogP contribution in [-0.2, 0) is 4.74 Å². The largest absolute Gasteiger partial charge is 0.393 e. The lowest BCUT2D eigenvalue weighted by Crippen LogP contribution is -2.65. The highest BCUT2D eigenvalue weighted by molar-refractivity contribution is 6.02. The first-order chi connectivity index (χ1) is 10.0. The van der Waals surface area contributed by atoms with Gasteiger partial charge in [-0.3, -0.25) is 15.2 Å². The fourth-order valence-electron chi connectivity index (χ4n) is 3.27. The molecule has 3 N–H and O–H groups in total. The minimum Gasteiger partial charge on any atom is -0.393 e. The van der Waals surface area contributed by atoms with Gasteiger partial charge in [-0.1, -0.05) is 6.92 Å². The number of rotatable bonds is 2. The van der Waals surface area contributed by atoms with Crippen LogP contribution in [-0.4, -0.2) is 70.3 Å². The molecule has 0 saturated carbocycles. The molecule has 2 aliphatic rings. The summed E-state index contributed by atoms with van der Waals surface area (Å²) in [4.78, 5) is 17.2. The van der Waals surface area contributed by atoms with Gasteiger partial charge in [-0.15, -0.1) is 0 Å². The van der Waals surface area contributed by atoms with E-state index in [2.05, 4.69) is 10.3 Å². The molecular weight excluding hydrogens is 293 g/mol. The third-order valence-electron chi connectivity index (χ3n) is 5.35. The van der Waals surface area contributed by atoms with Crippen LogP contribution in [0.1, 0.15) is 29.1 Å². The molecule has 2 aliphatic heterocycles. The summed E-state index contributed by atoms with van der Waals surface area (Å²) in [6.07, 6.45) is -1.46. The topological polar surface area (TPSA) is 94.4 Å². The Balaban J connectivity index is 0.00000264. The number of amides is 2. The molecule has 2 heterocycles. The van der Waals surface area contributed by atoms with E-state index in [1.807, 2.05) is 0 Å². The lowest BCUT2D eigenvalue weighted by molar-refractivity contribution is -0.191. The van der Waals surface area contributed by atoms with Gasteiger partial charge in [-0.25, -0.2) is 9.18 Å². The Morgan fingerprint density at radius 1 is 1.55 bits per heavy atom. The van der Waals surface area contributed by atoms with Crippen molar-refractivity contribution in [3.63, 3.8) is 0 Å². The molecule has 128 valence electrons. The molecule has 8 heteroatoms. The number of aliphatic hydroxyl groups excluding tert-OH is 1. The summed E-state index contributed by atoms with van der Waals surface area (Å²) in [5.74, 6) is -0.567. The van der Waals surface area contributed by atoms with Crippen molar-refractivity contribution in [2.45, 2.75) is 50.8 Å². The first-order valence-electron chi connectivity index (χ1n) is 7.26. The van der Waals surface area contributed by atoms with Gasteiger partial charge < -0.3 is 14.9 Å². The van der Waals surface area contributed by atoms with Gasteiger partial charge in [0.15, 0.2) is 6.17 Å². The fourth-order valence-corrected chi connectivity index (χ4v) is 3.27. The number of nitrogens with zero attached hydrogens (tertiary/aromatic N) is 2. The van der Waals surface area contributed by atoms with E-state index in [4.69, 9.17) is 4.74 Å². The minimum atomic E-state index is -1.46. The number of carbonyl (C=O) groups excluding carboxylic acids is 1. The normalized spacial score (nSPS) is 47.9. The van der Waals surface area contributed by atoms with Gasteiger partial charge in [0.05, 0.1) is 18.8 Å². The molecule has 2 amide bonds. The Morgan fingerprint density at radius 2 is 2.14 bits per heavy atom. The van der Waals surface area contributed by atoms with E-state index in [0.29, 0.717) is 0 Å². The van der Waals surface area contributed by atoms with Crippen molar-refractivity contribution in [2.75, 3.05) is 20.2 Å². The van der Waals surface area contributed by atoms with E-state index in [1.54, 1.807) is 27.7 Å². The highest BCUT2D eigenvalue weighted by atomic mass is 19.1. The lowest BCUT2D eigenvalue weighted by atomic mass is 9.76. The highest BCUT2D eigenvalue weighted by Gasteiger charge is 2.66. The first-order valence-corrected chi connectivity index (χ1v) is 7.26. The summed E-state index contributed by atoms with van der Waals surface area (Å²) in [5, 5.41) is 22.7. The Labute approximate surface area is 130 Å². The summed E-state index contributed by atoms with van der Waals surface area (Å²) >= 11 is 0. The second-order valence-electron chi connectivity index (χ2n) is 6.53. The third-order valence-corrected chi connectivity index (χ3v) is 5.35. The molecule has 0 aromatic rings. The van der Waals surface area contributed by atoms with E-state index in [9.17, 15) is 19.4 Å². The molecule has 5 unspecified atom stereocenters. The van der Waals surface area contributed by atoms with E-state index < -0.39 is 41.7 Å². The summed E-state index contributed by atoms with van der Waals surface area (Å²) in [6.45, 7) is 5.81. The van der Waals surface area contributed by atoms with Crippen LogP contribution in [0.2, 0.25) is 0 Å². The van der Waals surface area contributed by atoms with E-state index >= 15 is 0 Å². The smallest absolute Gasteiger partial charge is 0.325 e. The van der Waals surface area contributed by atoms with Crippen molar-refractivity contribution in [1.82, 2.24) is 10.2 Å². The van der Waals surface area contributed by atoms with Gasteiger partial charge in [0.1, 0.15) is 17.2 Å². The molecule has 0 bridgehead atoms. The summed E-state index contributed by atoms with van der Waals surface area (Å²) in [5.41, 5.74) is -3.90. The molecule has 2 rings (SSSR count). The second-order valence-corrected chi connectivity index (χ2v) is 6.53. The Morgan fingerprint density at radius 3 is 2.59 bits per heavy atom. The average Bonchev–Trinajstić information content (AvgIpc) is 2.60. The van der Waals surface area contributed by atoms with Gasteiger partial charge >= 0.3 is 6.03 Å². The average molecular weight is 319 g/mol. The summed E-state index contributed by atoms with van der Waals surface area (Å²) < 4.78 is 20.0. The number of aliphatic imine (C=N–C) groups is 1. The number of halogens is 1. The summed E-state index contributed by atoms with van der Waals surface area (Å²) in [7, 11) is 1.40. The number of urea groups is 1. The Kier molecular flexibility index (Phi) is 4.00. The van der Waals surface area contributed by atoms with Crippen molar-refractivity contribution < 1.29 is 25.6 Å². The van der Waals surface area contributed by atoms with Crippen molar-refractivity contribution in [2.24, 2.45) is 10.9 Å². The third kappa shape index (κ3) is 2.12. The van der Waals surface area contributed by atoms with E-state index in [0.717, 1.165) is 0 Å². The van der Waals surface area contributed by atoms with Gasteiger partial charge in [0, 0.05) is 14.4 Å². The van der Waals surface area contributed by atoms with Crippen LogP contribution < -0.4 is 5.32 Å². The number of hydrogen-bond donors (Lipinski definition) is 3. The molecule has 7 nitrogen and oxygen atoms in total. The molecule has 2 saturated heterocycles. The van der Waals surface area contributed by atoms with E-state index in [-0.39, 0.29) is 13.8 Å². The monoisotopic (exact) mass is 319 g/mol. The number of ether oxygens (including phenoxy) is 1. The molecule has 0 aromatic carbocycles. The zero-order chi connectivity index (χ0) is 16.9. The van der Waals surface area contributed by atoms with Gasteiger partial charge in [-0.05, 0) is 20.8 Å². The van der Waals surface area contributed by atoms with Crippen LogP contribution in [0, 0.1) is 5.92 Å². The van der Waals surface area contributed by atoms with Crippen LogP contribution in [0.25, 0.3) is 0 Å². The molecule has 0 spiro atoms. The number of nitrogens with one attached hydrogen (secondary N) is 1. The Hall–Kier alpha value is -1.25. The number of aliphatic hydroxyl groups is 2. The second kappa shape index (κ2) is 5.14. The van der Waals surface area contributed by atoms with Crippen molar-refractivity contribution >= 4 is 11.9 Å². The SMILES string of the molecule is CN=C1NC(=O)N(C2(C)OC(C)(CO)C(C)(O)C2C)CC1F.[HH]. The molecule has 2 fully saturated rings. The van der Waals surface area contributed by atoms with Crippen LogP contribution in [0.15, 0.2) is 4.99 Å². The van der Waals surface area contributed by atoms with Crippen molar-refractivity contribution in [3.8, 4) is 0 Å². The van der Waals surface area contributed by atoms with E-state index in [1.165, 1.54) is 11.9 Å². The molecule has 0 aliphatic carbocycles. The standard InChI is InChI=1S/C14H24FN3O4.H2/c1-8-13(3,21)12(2,7-19)22-14(8,4)18-6-9(15)10(16-5)17-11(18)20;/h8-9,19,21H,6-7H2,1-5H3,(H,16,17,20);1H. The maximum absolute atomic E-state index is 14.1. The summed E-state index contributed by atoms with van der Waals surface area (Å²) in [6, 6.07) is -0.540. The van der Waals surface area contributed by atoms with Crippen molar-refractivity contribution in [1.29, 1.82) is 0 Å². The fraction of sp³-hybridized carbons (Fsp3) is 0.857. The predicted octanol–water partition coefficient (Wildman–Crippen LogP) is 0.508. The van der Waals surface area contributed by atoms with Gasteiger partial charge in [-0.2, -0.15) is 0 Å². The number of amidine groups is 1. The molecule has 5 atom stereocenters. The zero-order valence-electron chi connectivity index (χ0n) is 13.6. The first kappa shape index (κ1) is 17.1.